The Morgan fingerprint density at radius 2 is 1.59 bits per heavy atom. The molecule has 3 atom stereocenters. The molecule has 0 amide bonds. The zero-order chi connectivity index (χ0) is 11.8. The molecule has 3 saturated carbocycles. The topological polar surface area (TPSA) is 12.0 Å². The Hall–Kier alpha value is -0.0400. The van der Waals surface area contributed by atoms with Crippen molar-refractivity contribution in [1.82, 2.24) is 5.32 Å². The molecule has 0 spiro atoms. The van der Waals surface area contributed by atoms with Crippen LogP contribution in [0.1, 0.15) is 58.8 Å². The molecule has 17 heavy (non-hydrogen) atoms. The first-order valence-corrected chi connectivity index (χ1v) is 8.01. The average molecular weight is 235 g/mol. The Balaban J connectivity index is 1.59. The van der Waals surface area contributed by atoms with E-state index in [0.717, 1.165) is 35.6 Å². The van der Waals surface area contributed by atoms with Crippen molar-refractivity contribution in [3.8, 4) is 0 Å². The van der Waals surface area contributed by atoms with Gasteiger partial charge in [-0.2, -0.15) is 0 Å². The van der Waals surface area contributed by atoms with Crippen LogP contribution in [0.2, 0.25) is 0 Å². The third kappa shape index (κ3) is 2.54. The number of fused-ring (bicyclic) bond motifs is 1. The van der Waals surface area contributed by atoms with Gasteiger partial charge in [-0.3, -0.25) is 0 Å². The van der Waals surface area contributed by atoms with Crippen LogP contribution in [0.3, 0.4) is 0 Å². The van der Waals surface area contributed by atoms with Gasteiger partial charge < -0.3 is 5.32 Å². The van der Waals surface area contributed by atoms with Crippen LogP contribution in [0.15, 0.2) is 0 Å². The van der Waals surface area contributed by atoms with E-state index < -0.39 is 0 Å². The SMILES string of the molecule is CCNC(C1CCC(C)CC1)C1CC2CC2C1. The predicted octanol–water partition coefficient (Wildman–Crippen LogP) is 3.84. The minimum Gasteiger partial charge on any atom is -0.314 e. The molecule has 3 rings (SSSR count). The van der Waals surface area contributed by atoms with E-state index in [1.807, 2.05) is 0 Å². The Kier molecular flexibility index (Phi) is 3.47. The van der Waals surface area contributed by atoms with Crippen LogP contribution in [0, 0.1) is 29.6 Å². The maximum absolute atomic E-state index is 3.85. The highest BCUT2D eigenvalue weighted by Crippen LogP contribution is 2.56. The van der Waals surface area contributed by atoms with E-state index in [0.29, 0.717) is 0 Å². The molecule has 0 aromatic heterocycles. The molecule has 98 valence electrons. The maximum Gasteiger partial charge on any atom is 0.0124 e. The van der Waals surface area contributed by atoms with E-state index in [4.69, 9.17) is 0 Å². The molecule has 0 aliphatic heterocycles. The number of nitrogens with one attached hydrogen (secondary N) is 1. The van der Waals surface area contributed by atoms with Gasteiger partial charge in [0.05, 0.1) is 0 Å². The van der Waals surface area contributed by atoms with E-state index in [9.17, 15) is 0 Å². The summed E-state index contributed by atoms with van der Waals surface area (Å²) < 4.78 is 0. The van der Waals surface area contributed by atoms with E-state index in [-0.39, 0.29) is 0 Å². The summed E-state index contributed by atoms with van der Waals surface area (Å²) >= 11 is 0. The third-order valence-electron chi connectivity index (χ3n) is 5.80. The van der Waals surface area contributed by atoms with Crippen molar-refractivity contribution in [3.63, 3.8) is 0 Å². The molecule has 0 radical (unpaired) electrons. The molecule has 3 unspecified atom stereocenters. The lowest BCUT2D eigenvalue weighted by Gasteiger charge is -2.37. The van der Waals surface area contributed by atoms with Gasteiger partial charge in [0.15, 0.2) is 0 Å². The van der Waals surface area contributed by atoms with Crippen LogP contribution in [0.4, 0.5) is 0 Å². The number of rotatable bonds is 4. The number of hydrogen-bond donors (Lipinski definition) is 1. The van der Waals surface area contributed by atoms with Crippen molar-refractivity contribution in [1.29, 1.82) is 0 Å². The predicted molar refractivity (Wildman–Crippen MR) is 72.9 cm³/mol. The third-order valence-corrected chi connectivity index (χ3v) is 5.80. The molecule has 0 heterocycles. The van der Waals surface area contributed by atoms with E-state index in [2.05, 4.69) is 19.2 Å². The summed E-state index contributed by atoms with van der Waals surface area (Å²) in [5.74, 6) is 5.30. The van der Waals surface area contributed by atoms with Crippen LogP contribution >= 0.6 is 0 Å². The summed E-state index contributed by atoms with van der Waals surface area (Å²) in [7, 11) is 0. The summed E-state index contributed by atoms with van der Waals surface area (Å²) in [6.45, 7) is 5.89. The van der Waals surface area contributed by atoms with Gasteiger partial charge in [-0.25, -0.2) is 0 Å². The van der Waals surface area contributed by atoms with Gasteiger partial charge in [-0.1, -0.05) is 26.7 Å². The highest BCUT2D eigenvalue weighted by molar-refractivity contribution is 5.00. The highest BCUT2D eigenvalue weighted by atomic mass is 14.9. The summed E-state index contributed by atoms with van der Waals surface area (Å²) in [4.78, 5) is 0. The normalized spacial score (nSPS) is 46.6. The fourth-order valence-electron chi connectivity index (χ4n) is 4.65. The summed E-state index contributed by atoms with van der Waals surface area (Å²) in [5.41, 5.74) is 0. The van der Waals surface area contributed by atoms with Gasteiger partial charge >= 0.3 is 0 Å². The van der Waals surface area contributed by atoms with Crippen LogP contribution in [-0.4, -0.2) is 12.6 Å². The Morgan fingerprint density at radius 1 is 0.941 bits per heavy atom. The first kappa shape index (κ1) is 12.0. The lowest BCUT2D eigenvalue weighted by atomic mass is 9.74. The van der Waals surface area contributed by atoms with Gasteiger partial charge in [0.2, 0.25) is 0 Å². The van der Waals surface area contributed by atoms with Gasteiger partial charge in [-0.15, -0.1) is 0 Å². The molecular weight excluding hydrogens is 206 g/mol. The van der Waals surface area contributed by atoms with Gasteiger partial charge in [0.1, 0.15) is 0 Å². The summed E-state index contributed by atoms with van der Waals surface area (Å²) in [6.07, 6.45) is 10.6. The zero-order valence-corrected chi connectivity index (χ0v) is 11.6. The van der Waals surface area contributed by atoms with Gasteiger partial charge in [-0.05, 0) is 68.2 Å². The second-order valence-corrected chi connectivity index (χ2v) is 7.09. The molecule has 0 saturated heterocycles. The zero-order valence-electron chi connectivity index (χ0n) is 11.6. The molecule has 0 bridgehead atoms. The lowest BCUT2D eigenvalue weighted by Crippen LogP contribution is -2.43. The summed E-state index contributed by atoms with van der Waals surface area (Å²) in [6, 6.07) is 0.861. The second-order valence-electron chi connectivity index (χ2n) is 7.09. The van der Waals surface area contributed by atoms with Crippen molar-refractivity contribution in [2.45, 2.75) is 64.8 Å². The van der Waals surface area contributed by atoms with E-state index >= 15 is 0 Å². The molecule has 1 heteroatoms. The largest absolute Gasteiger partial charge is 0.314 e. The van der Waals surface area contributed by atoms with Crippen molar-refractivity contribution >= 4 is 0 Å². The van der Waals surface area contributed by atoms with Crippen molar-refractivity contribution in [3.05, 3.63) is 0 Å². The van der Waals surface area contributed by atoms with Gasteiger partial charge in [0.25, 0.3) is 0 Å². The smallest absolute Gasteiger partial charge is 0.0124 e. The minimum absolute atomic E-state index is 0.861. The molecule has 1 nitrogen and oxygen atoms in total. The first-order chi connectivity index (χ1) is 8.28. The van der Waals surface area contributed by atoms with Crippen LogP contribution in [0.5, 0.6) is 0 Å². The molecule has 1 N–H and O–H groups in total. The molecular formula is C16H29N. The maximum atomic E-state index is 3.85. The quantitative estimate of drug-likeness (QED) is 0.781. The fourth-order valence-corrected chi connectivity index (χ4v) is 4.65. The van der Waals surface area contributed by atoms with Crippen LogP contribution < -0.4 is 5.32 Å². The monoisotopic (exact) mass is 235 g/mol. The van der Waals surface area contributed by atoms with Crippen molar-refractivity contribution in [2.75, 3.05) is 6.54 Å². The highest BCUT2D eigenvalue weighted by Gasteiger charge is 2.48. The first-order valence-electron chi connectivity index (χ1n) is 8.01. The van der Waals surface area contributed by atoms with Crippen molar-refractivity contribution in [2.24, 2.45) is 29.6 Å². The van der Waals surface area contributed by atoms with E-state index in [1.165, 1.54) is 32.2 Å². The fraction of sp³-hybridized carbons (Fsp3) is 1.00. The average Bonchev–Trinajstić information content (AvgIpc) is 2.95. The minimum atomic E-state index is 0.861. The molecule has 3 fully saturated rings. The standard InChI is InChI=1S/C16H29N/c1-3-17-16(12-6-4-11(2)5-7-12)15-9-13-8-14(13)10-15/h11-17H,3-10H2,1-2H3. The molecule has 3 aliphatic carbocycles. The van der Waals surface area contributed by atoms with Gasteiger partial charge in [0, 0.05) is 6.04 Å². The Morgan fingerprint density at radius 3 is 2.18 bits per heavy atom. The second kappa shape index (κ2) is 4.91. The Labute approximate surface area is 107 Å². The molecule has 3 aliphatic rings. The number of hydrogen-bond acceptors (Lipinski definition) is 1. The van der Waals surface area contributed by atoms with Crippen molar-refractivity contribution < 1.29 is 0 Å². The molecule has 0 aromatic rings. The van der Waals surface area contributed by atoms with E-state index in [1.54, 1.807) is 19.3 Å². The van der Waals surface area contributed by atoms with Crippen LogP contribution in [-0.2, 0) is 0 Å². The molecule has 0 aromatic carbocycles. The lowest BCUT2D eigenvalue weighted by molar-refractivity contribution is 0.179. The Bertz CT molecular complexity index is 244. The summed E-state index contributed by atoms with van der Waals surface area (Å²) in [5, 5.41) is 3.85. The van der Waals surface area contributed by atoms with Crippen LogP contribution in [0.25, 0.3) is 0 Å².